The summed E-state index contributed by atoms with van der Waals surface area (Å²) in [6, 6.07) is 7.39. The number of halogens is 1. The second-order valence-electron chi connectivity index (χ2n) is 5.28. The van der Waals surface area contributed by atoms with E-state index in [1.54, 1.807) is 0 Å². The van der Waals surface area contributed by atoms with Crippen LogP contribution < -0.4 is 5.73 Å². The third-order valence-corrected chi connectivity index (χ3v) is 4.31. The lowest BCUT2D eigenvalue weighted by molar-refractivity contribution is -0.137. The first kappa shape index (κ1) is 16.0. The van der Waals surface area contributed by atoms with E-state index in [1.165, 1.54) is 0 Å². The van der Waals surface area contributed by atoms with E-state index < -0.39 is 17.4 Å². The number of aliphatic carboxylic acids is 1. The van der Waals surface area contributed by atoms with Crippen LogP contribution in [-0.2, 0) is 14.9 Å². The first-order valence-corrected chi connectivity index (χ1v) is 7.53. The average Bonchev–Trinajstić information content (AvgIpc) is 2.46. The van der Waals surface area contributed by atoms with Crippen LogP contribution in [0.3, 0.4) is 0 Å². The van der Waals surface area contributed by atoms with Gasteiger partial charge >= 0.3 is 5.97 Å². The number of rotatable bonds is 4. The lowest BCUT2D eigenvalue weighted by Gasteiger charge is -2.32. The van der Waals surface area contributed by atoms with Crippen molar-refractivity contribution in [1.82, 2.24) is 0 Å². The van der Waals surface area contributed by atoms with Crippen LogP contribution in [0.25, 0.3) is 0 Å². The Morgan fingerprint density at radius 3 is 2.71 bits per heavy atom. The van der Waals surface area contributed by atoms with E-state index >= 15 is 0 Å². The van der Waals surface area contributed by atoms with Crippen molar-refractivity contribution in [1.29, 1.82) is 5.26 Å². The molecule has 1 saturated heterocycles. The molecule has 112 valence electrons. The second kappa shape index (κ2) is 6.56. The van der Waals surface area contributed by atoms with Gasteiger partial charge in [0.1, 0.15) is 0 Å². The number of benzene rings is 1. The molecule has 5 nitrogen and oxygen atoms in total. The summed E-state index contributed by atoms with van der Waals surface area (Å²) in [6.45, 7) is 1.10. The number of ether oxygens (including phenoxy) is 1. The Morgan fingerprint density at radius 2 is 2.14 bits per heavy atom. The molecule has 3 N–H and O–H groups in total. The Kier molecular flexibility index (Phi) is 4.99. The molecule has 1 heterocycles. The van der Waals surface area contributed by atoms with Crippen LogP contribution in [0.2, 0.25) is 0 Å². The van der Waals surface area contributed by atoms with Crippen molar-refractivity contribution in [3.8, 4) is 6.07 Å². The van der Waals surface area contributed by atoms with Crippen molar-refractivity contribution in [2.24, 2.45) is 5.73 Å². The van der Waals surface area contributed by atoms with Gasteiger partial charge in [-0.2, -0.15) is 5.26 Å². The van der Waals surface area contributed by atoms with Crippen molar-refractivity contribution in [2.75, 3.05) is 13.2 Å². The first-order valence-electron chi connectivity index (χ1n) is 6.74. The second-order valence-corrected chi connectivity index (χ2v) is 6.20. The highest BCUT2D eigenvalue weighted by atomic mass is 79.9. The van der Waals surface area contributed by atoms with Gasteiger partial charge in [-0.05, 0) is 36.1 Å². The van der Waals surface area contributed by atoms with Gasteiger partial charge < -0.3 is 15.6 Å². The maximum absolute atomic E-state index is 10.8. The quantitative estimate of drug-likeness (QED) is 0.867. The van der Waals surface area contributed by atoms with Gasteiger partial charge in [0, 0.05) is 23.7 Å². The average molecular weight is 353 g/mol. The Balaban J connectivity index is 2.38. The van der Waals surface area contributed by atoms with Crippen molar-refractivity contribution in [3.05, 3.63) is 33.8 Å². The first-order chi connectivity index (χ1) is 9.97. The van der Waals surface area contributed by atoms with Gasteiger partial charge in [0.15, 0.2) is 0 Å². The number of carboxylic acid groups (broad SMARTS) is 1. The normalized spacial score (nSPS) is 18.7. The summed E-state index contributed by atoms with van der Waals surface area (Å²) in [5.41, 5.74) is 6.95. The summed E-state index contributed by atoms with van der Waals surface area (Å²) in [5.74, 6) is -0.940. The van der Waals surface area contributed by atoms with E-state index in [0.29, 0.717) is 26.1 Å². The summed E-state index contributed by atoms with van der Waals surface area (Å²) < 4.78 is 6.15. The molecule has 0 radical (unpaired) electrons. The van der Waals surface area contributed by atoms with Gasteiger partial charge in [0.25, 0.3) is 0 Å². The smallest absolute Gasteiger partial charge is 0.305 e. The molecule has 0 amide bonds. The fourth-order valence-electron chi connectivity index (χ4n) is 2.59. The molecule has 0 aliphatic carbocycles. The van der Waals surface area contributed by atoms with E-state index in [9.17, 15) is 10.1 Å². The molecule has 0 saturated carbocycles. The van der Waals surface area contributed by atoms with Gasteiger partial charge in [0.2, 0.25) is 0 Å². The van der Waals surface area contributed by atoms with Crippen LogP contribution >= 0.6 is 15.9 Å². The molecule has 0 aromatic heterocycles. The Morgan fingerprint density at radius 1 is 1.48 bits per heavy atom. The highest BCUT2D eigenvalue weighted by Crippen LogP contribution is 2.37. The molecule has 1 aliphatic rings. The Bertz CT molecular complexity index is 577. The summed E-state index contributed by atoms with van der Waals surface area (Å²) >= 11 is 3.42. The third-order valence-electron chi connectivity index (χ3n) is 3.86. The van der Waals surface area contributed by atoms with Gasteiger partial charge in [0.05, 0.1) is 17.9 Å². The predicted octanol–water partition coefficient (Wildman–Crippen LogP) is 2.50. The lowest BCUT2D eigenvalue weighted by atomic mass is 9.75. The van der Waals surface area contributed by atoms with Crippen molar-refractivity contribution in [2.45, 2.75) is 30.7 Å². The number of hydrogen-bond acceptors (Lipinski definition) is 4. The molecular formula is C15H17BrN2O3. The van der Waals surface area contributed by atoms with E-state index in [2.05, 4.69) is 22.0 Å². The molecule has 2 rings (SSSR count). The van der Waals surface area contributed by atoms with Crippen LogP contribution in [0, 0.1) is 11.3 Å². The van der Waals surface area contributed by atoms with E-state index in [-0.39, 0.29) is 6.42 Å². The molecule has 1 fully saturated rings. The monoisotopic (exact) mass is 352 g/mol. The highest BCUT2D eigenvalue weighted by molar-refractivity contribution is 9.10. The van der Waals surface area contributed by atoms with E-state index in [1.807, 2.05) is 18.2 Å². The van der Waals surface area contributed by atoms with Crippen LogP contribution in [-0.4, -0.2) is 24.3 Å². The number of carboxylic acids is 1. The largest absolute Gasteiger partial charge is 0.481 e. The third kappa shape index (κ3) is 3.62. The fraction of sp³-hybridized carbons (Fsp3) is 0.467. The molecule has 1 atom stereocenters. The Labute approximate surface area is 131 Å². The molecule has 21 heavy (non-hydrogen) atoms. The van der Waals surface area contributed by atoms with Crippen molar-refractivity contribution < 1.29 is 14.6 Å². The minimum absolute atomic E-state index is 0.140. The zero-order chi connectivity index (χ0) is 15.5. The maximum atomic E-state index is 10.8. The number of nitriles is 1. The van der Waals surface area contributed by atoms with E-state index in [4.69, 9.17) is 15.6 Å². The topological polar surface area (TPSA) is 96.3 Å². The SMILES string of the molecule is N#CC1(c2cc(Br)cc([C@@H](N)CC(=O)O)c2)CCOCC1. The molecule has 6 heteroatoms. The number of nitrogens with two attached hydrogens (primary N) is 1. The standard InChI is InChI=1S/C15H17BrN2O3/c16-12-6-10(13(18)8-14(19)20)5-11(7-12)15(9-17)1-3-21-4-2-15/h5-7,13H,1-4,8,18H2,(H,19,20)/t13-/m0/s1. The summed E-state index contributed by atoms with van der Waals surface area (Å²) in [4.78, 5) is 10.8. The predicted molar refractivity (Wildman–Crippen MR) is 80.7 cm³/mol. The summed E-state index contributed by atoms with van der Waals surface area (Å²) in [7, 11) is 0. The number of nitrogens with zero attached hydrogens (tertiary/aromatic N) is 1. The molecule has 1 aliphatic heterocycles. The van der Waals surface area contributed by atoms with Crippen LogP contribution in [0.4, 0.5) is 0 Å². The Hall–Kier alpha value is -1.42. The van der Waals surface area contributed by atoms with Gasteiger partial charge in [-0.1, -0.05) is 22.0 Å². The molecule has 0 unspecified atom stereocenters. The van der Waals surface area contributed by atoms with Crippen molar-refractivity contribution in [3.63, 3.8) is 0 Å². The fourth-order valence-corrected chi connectivity index (χ4v) is 3.10. The zero-order valence-corrected chi connectivity index (χ0v) is 13.1. The van der Waals surface area contributed by atoms with Gasteiger partial charge in [-0.15, -0.1) is 0 Å². The maximum Gasteiger partial charge on any atom is 0.305 e. The number of hydrogen-bond donors (Lipinski definition) is 2. The molecule has 0 spiro atoms. The van der Waals surface area contributed by atoms with Gasteiger partial charge in [-0.25, -0.2) is 0 Å². The summed E-state index contributed by atoms with van der Waals surface area (Å²) in [5, 5.41) is 18.5. The molecule has 0 bridgehead atoms. The van der Waals surface area contributed by atoms with E-state index in [0.717, 1.165) is 15.6 Å². The molecule has 1 aromatic rings. The summed E-state index contributed by atoms with van der Waals surface area (Å²) in [6.07, 6.45) is 1.12. The molecular weight excluding hydrogens is 336 g/mol. The van der Waals surface area contributed by atoms with Crippen molar-refractivity contribution >= 4 is 21.9 Å². The number of carbonyl (C=O) groups is 1. The minimum Gasteiger partial charge on any atom is -0.481 e. The van der Waals surface area contributed by atoms with Crippen LogP contribution in [0.15, 0.2) is 22.7 Å². The molecule has 1 aromatic carbocycles. The van der Waals surface area contributed by atoms with Gasteiger partial charge in [-0.3, -0.25) is 4.79 Å². The lowest BCUT2D eigenvalue weighted by Crippen LogP contribution is -2.32. The van der Waals surface area contributed by atoms with Crippen LogP contribution in [0.1, 0.15) is 36.4 Å². The minimum atomic E-state index is -0.940. The zero-order valence-electron chi connectivity index (χ0n) is 11.5. The highest BCUT2D eigenvalue weighted by Gasteiger charge is 2.35. The van der Waals surface area contributed by atoms with Crippen LogP contribution in [0.5, 0.6) is 0 Å².